The van der Waals surface area contributed by atoms with Gasteiger partial charge in [0.1, 0.15) is 36.6 Å². The van der Waals surface area contributed by atoms with Crippen molar-refractivity contribution in [1.82, 2.24) is 0 Å². The molecule has 0 saturated heterocycles. The first kappa shape index (κ1) is 163. The maximum atomic E-state index is 11.1. The average Bonchev–Trinajstić information content (AvgIpc) is 2.51. The second-order valence-electron chi connectivity index (χ2n) is 6.10. The van der Waals surface area contributed by atoms with Crippen molar-refractivity contribution in [2.45, 2.75) is 36.6 Å². The molecule has 1 fully saturated rings. The number of hydrogen-bond donors (Lipinski definition) is 0. The van der Waals surface area contributed by atoms with Crippen LogP contribution in [0.25, 0.3) is 0 Å². The molecule has 0 aromatic carbocycles. The van der Waals surface area contributed by atoms with E-state index in [4.69, 9.17) is 0 Å². The van der Waals surface area contributed by atoms with Gasteiger partial charge in [-0.2, -0.15) is 0 Å². The second-order valence-corrected chi connectivity index (χ2v) is 12.7. The van der Waals surface area contributed by atoms with Crippen molar-refractivity contribution < 1.29 is 468 Å². The molecule has 0 aromatic rings. The fourth-order valence-corrected chi connectivity index (χ4v) is 5.96. The van der Waals surface area contributed by atoms with Gasteiger partial charge in [-0.1, -0.05) is 0 Å². The monoisotopic (exact) mass is 1430 g/mol. The standard InChI is InChI=1S/C6H18O24P6.12Ca.12Na.24H/c7-31(8,9)25-1-2(26-32(10,11)12)4(28-34(16,17)18)6(30-36(22,23)24)5(29-35(19,20)21)3(1)27-33(13,14)15;;;;;;;;;;;;;;;;;;;;;;;;;;;;;;;;;;;;;;;;;;;;;;;;/h1-6H,(H2,7,8,9)(H2,10,11,12)(H2,13,14,15)(H2,16,17,18)(H2,19,20,21)(H2,22,23,24);;;;;;;;;;;;;;;;;;;;;;;;;;;;;;;;;;;;;;;;;;;;;;;;/q;;;;;;;;;;;;;12*+1;;;;;;;;;;;;;;;;;;;;;;;;/p-12/t1-,2-,3-,4+,5-,6-;;;;;;;;;;;;;;;;;;;;;;;;;;;;;;;;;;;;;;;;;;;;;;;;. The minimum atomic E-state index is -6.68. The number of phosphoric acid groups is 6. The maximum Gasteiger partial charge on any atom is 1.00 e. The molecule has 0 spiro atoms. The maximum absolute atomic E-state index is 11.1. The Hall–Kier alpha value is 27.8. The molecule has 24 nitrogen and oxygen atoms in total. The Balaban J connectivity index is -0.0000000245. The van der Waals surface area contributed by atoms with Crippen molar-refractivity contribution in [3.8, 4) is 0 Å². The molecule has 60 heavy (non-hydrogen) atoms. The van der Waals surface area contributed by atoms with Gasteiger partial charge in [0, 0.05) is 0 Å². The van der Waals surface area contributed by atoms with Crippen molar-refractivity contribution in [1.29, 1.82) is 0 Å². The summed E-state index contributed by atoms with van der Waals surface area (Å²) in [7, 11) is -40.1. The van der Waals surface area contributed by atoms with E-state index in [1.165, 1.54) is 0 Å². The second kappa shape index (κ2) is 82.9. The molecule has 54 heteroatoms. The molecule has 1 aliphatic rings. The summed E-state index contributed by atoms with van der Waals surface area (Å²) in [5, 5.41) is 0. The van der Waals surface area contributed by atoms with Crippen LogP contribution < -0.4 is 413 Å². The summed E-state index contributed by atoms with van der Waals surface area (Å²) in [5.74, 6) is 0. The third kappa shape index (κ3) is 92.2. The zero-order chi connectivity index (χ0) is 28.7. The van der Waals surface area contributed by atoms with Crippen LogP contribution >= 0.6 is 46.9 Å². The van der Waals surface area contributed by atoms with Crippen LogP contribution in [-0.2, 0) is 54.5 Å². The van der Waals surface area contributed by atoms with E-state index in [9.17, 15) is 86.1 Å². The van der Waals surface area contributed by atoms with E-state index in [2.05, 4.69) is 27.1 Å². The van der Waals surface area contributed by atoms with Gasteiger partial charge in [-0.05, 0) is 0 Å². The van der Waals surface area contributed by atoms with E-state index < -0.39 is 83.6 Å². The number of rotatable bonds is 12. The third-order valence-corrected chi connectivity index (χ3v) is 6.46. The third-order valence-electron chi connectivity index (χ3n) is 3.45. The molecule has 1 rings (SSSR count). The van der Waals surface area contributed by atoms with Crippen molar-refractivity contribution in [3.05, 3.63) is 0 Å². The van der Waals surface area contributed by atoms with Gasteiger partial charge in [-0.25, -0.2) is 0 Å². The molecule has 0 atom stereocenters. The van der Waals surface area contributed by atoms with Crippen LogP contribution in [-0.4, -0.2) is 489 Å². The van der Waals surface area contributed by atoms with Crippen molar-refractivity contribution in [2.24, 2.45) is 0 Å². The minimum absolute atomic E-state index is 0. The molecule has 0 aromatic heterocycles. The molecule has 0 bridgehead atoms. The number of hydrogen-bond acceptors (Lipinski definition) is 24. The van der Waals surface area contributed by atoms with Crippen LogP contribution in [0.15, 0.2) is 0 Å². The van der Waals surface area contributed by atoms with Crippen LogP contribution in [0.1, 0.15) is 0 Å². The Labute approximate surface area is 971 Å². The fraction of sp³-hybridized carbons (Fsp3) is 1.00. The van der Waals surface area contributed by atoms with E-state index in [0.717, 1.165) is 0 Å². The Kier molecular flexibility index (Phi) is 224. The van der Waals surface area contributed by atoms with Gasteiger partial charge in [0.25, 0.3) is 0 Å². The van der Waals surface area contributed by atoms with Gasteiger partial charge in [0.15, 0.2) is 0 Å². The first-order valence-electron chi connectivity index (χ1n) is 7.80. The summed E-state index contributed by atoms with van der Waals surface area (Å²) >= 11 is 0. The molecule has 0 heterocycles. The van der Waals surface area contributed by atoms with E-state index in [1.54, 1.807) is 0 Å². The Bertz CT molecular complexity index is 900. The van der Waals surface area contributed by atoms with Crippen molar-refractivity contribution in [2.75, 3.05) is 0 Å². The zero-order valence-corrected chi connectivity index (χ0v) is 57.3. The molecule has 0 N–H and O–H groups in total. The van der Waals surface area contributed by atoms with Crippen molar-refractivity contribution in [3.63, 3.8) is 0 Å². The van der Waals surface area contributed by atoms with Gasteiger partial charge >= 0.3 is 808 Å². The molecule has 0 amide bonds. The average molecular weight is 1430 g/mol. The quantitative estimate of drug-likeness (QED) is 0.129. The topological polar surface area (TPSA) is 435 Å². The summed E-state index contributed by atoms with van der Waals surface area (Å²) in [4.78, 5) is 133. The molecular weight excluding hydrogens is 1400 g/mol. The van der Waals surface area contributed by atoms with Crippen molar-refractivity contribution >= 4 is 500 Å². The first-order chi connectivity index (χ1) is 15.6. The fourth-order valence-electron chi connectivity index (χ4n) is 2.74. The van der Waals surface area contributed by atoms with Gasteiger partial charge in [0.2, 0.25) is 0 Å². The molecule has 0 radical (unpaired) electrons. The van der Waals surface area contributed by atoms with Crippen LogP contribution in [0.2, 0.25) is 0 Å². The summed E-state index contributed by atoms with van der Waals surface area (Å²) < 4.78 is 88.3. The molecule has 1 aliphatic carbocycles. The molecule has 0 unspecified atom stereocenters. The summed E-state index contributed by atoms with van der Waals surface area (Å²) in [6, 6.07) is 0. The van der Waals surface area contributed by atoms with Gasteiger partial charge in [0.05, 0.1) is 46.9 Å². The molecule has 0 aliphatic heterocycles. The van der Waals surface area contributed by atoms with E-state index >= 15 is 0 Å². The molecular formula is C6H30Ca12Na12O24P6. The predicted octanol–water partition coefficient (Wildman–Crippen LogP) is -57.7. The zero-order valence-electron chi connectivity index (χ0n) is 27.9. The number of phosphoric ester groups is 6. The minimum Gasteiger partial charge on any atom is 1.00 e. The SMILES string of the molecule is O=P([O-])([O-])O[C@H]1[C@H](OP(=O)([O-])[O-])[C@@H](OP(=O)([O-])[O-])[C@H](OP(=O)([O-])[O-])[C@@H](OP(=O)([O-])[O-])[C@H]1OP(=O)([O-])[O-].[CaH2].[CaH2].[CaH2].[CaH2].[CaH2].[CaH2].[CaH2].[CaH2].[CaH2].[CaH2].[CaH2].[CaH2].[Na+].[Na+].[Na+].[Na+].[Na+].[Na+].[Na+].[Na+].[Na+].[Na+].[Na+].[Na+]. The summed E-state index contributed by atoms with van der Waals surface area (Å²) in [5.41, 5.74) is 0. The first-order valence-corrected chi connectivity index (χ1v) is 16.6. The molecule has 1 saturated carbocycles. The van der Waals surface area contributed by atoms with Crippen LogP contribution in [0.5, 0.6) is 0 Å². The van der Waals surface area contributed by atoms with Gasteiger partial charge in [-0.3, -0.25) is 0 Å². The van der Waals surface area contributed by atoms with Crippen LogP contribution in [0, 0.1) is 0 Å². The van der Waals surface area contributed by atoms with E-state index in [1.807, 2.05) is 0 Å². The van der Waals surface area contributed by atoms with E-state index in [-0.39, 0.29) is 808 Å². The molecule has 264 valence electrons. The largest absolute Gasteiger partial charge is 1.00 e. The summed E-state index contributed by atoms with van der Waals surface area (Å²) in [6.07, 6.45) is -21.5. The smallest absolute Gasteiger partial charge is 1.00 e. The Morgan fingerprint density at radius 1 is 0.200 bits per heavy atom. The Morgan fingerprint density at radius 2 is 0.250 bits per heavy atom. The van der Waals surface area contributed by atoms with Gasteiger partial charge < -0.3 is 113 Å². The van der Waals surface area contributed by atoms with E-state index in [0.29, 0.717) is 0 Å². The summed E-state index contributed by atoms with van der Waals surface area (Å²) in [6.45, 7) is 0. The van der Waals surface area contributed by atoms with Gasteiger partial charge in [-0.15, -0.1) is 0 Å². The Morgan fingerprint density at radius 3 is 0.283 bits per heavy atom. The predicted molar refractivity (Wildman–Crippen MR) is 177 cm³/mol. The van der Waals surface area contributed by atoms with Crippen LogP contribution in [0.4, 0.5) is 0 Å². The normalized spacial score (nSPS) is 17.6. The van der Waals surface area contributed by atoms with Crippen LogP contribution in [0.3, 0.4) is 0 Å².